The number of hydrogen-bond acceptors (Lipinski definition) is 2. The van der Waals surface area contributed by atoms with Crippen LogP contribution in [0.3, 0.4) is 0 Å². The molecule has 0 saturated heterocycles. The first-order valence-electron chi connectivity index (χ1n) is 2.74. The highest BCUT2D eigenvalue weighted by Crippen LogP contribution is 2.17. The van der Waals surface area contributed by atoms with Gasteiger partial charge in [0.15, 0.2) is 0 Å². The zero-order chi connectivity index (χ0) is 6.78. The molecule has 0 radical (unpaired) electrons. The molecule has 8 heavy (non-hydrogen) atoms. The van der Waals surface area contributed by atoms with Gasteiger partial charge in [-0.25, -0.2) is 0 Å². The Bertz CT molecular complexity index is 96.7. The van der Waals surface area contributed by atoms with E-state index in [1.807, 2.05) is 13.8 Å². The number of carbonyl (C=O) groups is 1. The molecular formula is C6H12OS. The zero-order valence-electron chi connectivity index (χ0n) is 5.56. The SMILES string of the molecule is CCC(C)(S)C(C)=O. The molecule has 0 N–H and O–H groups in total. The molecule has 1 unspecified atom stereocenters. The van der Waals surface area contributed by atoms with Crippen LogP contribution < -0.4 is 0 Å². The second-order valence-electron chi connectivity index (χ2n) is 2.18. The largest absolute Gasteiger partial charge is 0.298 e. The lowest BCUT2D eigenvalue weighted by atomic mass is 10.0. The van der Waals surface area contributed by atoms with Gasteiger partial charge in [-0.1, -0.05) is 6.92 Å². The maximum Gasteiger partial charge on any atom is 0.145 e. The van der Waals surface area contributed by atoms with Gasteiger partial charge in [0.2, 0.25) is 0 Å². The monoisotopic (exact) mass is 132 g/mol. The van der Waals surface area contributed by atoms with Crippen molar-refractivity contribution in [3.8, 4) is 0 Å². The molecule has 0 fully saturated rings. The third kappa shape index (κ3) is 1.86. The van der Waals surface area contributed by atoms with E-state index < -0.39 is 4.75 Å². The van der Waals surface area contributed by atoms with Gasteiger partial charge in [0.05, 0.1) is 4.75 Å². The Balaban J connectivity index is 3.91. The van der Waals surface area contributed by atoms with Crippen LogP contribution in [0.5, 0.6) is 0 Å². The molecule has 1 atom stereocenters. The number of ketones is 1. The molecule has 0 rings (SSSR count). The number of carbonyl (C=O) groups excluding carboxylic acids is 1. The van der Waals surface area contributed by atoms with Gasteiger partial charge in [-0.15, -0.1) is 0 Å². The van der Waals surface area contributed by atoms with Crippen LogP contribution >= 0.6 is 12.6 Å². The second-order valence-corrected chi connectivity index (χ2v) is 3.17. The summed E-state index contributed by atoms with van der Waals surface area (Å²) in [6, 6.07) is 0. The van der Waals surface area contributed by atoms with Crippen LogP contribution in [0.1, 0.15) is 27.2 Å². The Labute approximate surface area is 55.9 Å². The van der Waals surface area contributed by atoms with Crippen molar-refractivity contribution < 1.29 is 4.79 Å². The second kappa shape index (κ2) is 2.53. The third-order valence-electron chi connectivity index (χ3n) is 1.45. The molecule has 0 saturated carbocycles. The summed E-state index contributed by atoms with van der Waals surface area (Å²) < 4.78 is -0.403. The zero-order valence-corrected chi connectivity index (χ0v) is 6.46. The summed E-state index contributed by atoms with van der Waals surface area (Å²) in [5, 5.41) is 0. The van der Waals surface area contributed by atoms with Crippen molar-refractivity contribution in [1.29, 1.82) is 0 Å². The number of Topliss-reactive ketones (excluding diaryl/α,β-unsaturated/α-hetero) is 1. The molecule has 0 aromatic rings. The molecule has 48 valence electrons. The van der Waals surface area contributed by atoms with Gasteiger partial charge in [0.25, 0.3) is 0 Å². The third-order valence-corrected chi connectivity index (χ3v) is 2.08. The van der Waals surface area contributed by atoms with E-state index in [2.05, 4.69) is 12.6 Å². The Morgan fingerprint density at radius 3 is 2.12 bits per heavy atom. The molecule has 2 heteroatoms. The fourth-order valence-electron chi connectivity index (χ4n) is 0.249. The first-order valence-corrected chi connectivity index (χ1v) is 3.19. The van der Waals surface area contributed by atoms with Crippen LogP contribution in [0.15, 0.2) is 0 Å². The predicted octanol–water partition coefficient (Wildman–Crippen LogP) is 1.67. The van der Waals surface area contributed by atoms with E-state index in [9.17, 15) is 4.79 Å². The normalized spacial score (nSPS) is 17.5. The van der Waals surface area contributed by atoms with E-state index in [1.54, 1.807) is 6.92 Å². The molecule has 0 aliphatic carbocycles. The van der Waals surface area contributed by atoms with E-state index in [0.29, 0.717) is 0 Å². The van der Waals surface area contributed by atoms with Crippen molar-refractivity contribution in [2.75, 3.05) is 0 Å². The topological polar surface area (TPSA) is 17.1 Å². The molecule has 0 aromatic heterocycles. The Hall–Kier alpha value is 0.0200. The molecule has 0 heterocycles. The van der Waals surface area contributed by atoms with Crippen molar-refractivity contribution in [1.82, 2.24) is 0 Å². The molecule has 0 spiro atoms. The lowest BCUT2D eigenvalue weighted by Gasteiger charge is -2.15. The van der Waals surface area contributed by atoms with E-state index >= 15 is 0 Å². The van der Waals surface area contributed by atoms with E-state index in [1.165, 1.54) is 0 Å². The molecule has 0 aliphatic heterocycles. The van der Waals surface area contributed by atoms with Crippen molar-refractivity contribution >= 4 is 18.4 Å². The van der Waals surface area contributed by atoms with Gasteiger partial charge in [0.1, 0.15) is 5.78 Å². The minimum atomic E-state index is -0.403. The summed E-state index contributed by atoms with van der Waals surface area (Å²) in [6.07, 6.45) is 0.797. The standard InChI is InChI=1S/C6H12OS/c1-4-6(3,8)5(2)7/h8H,4H2,1-3H3. The molecule has 0 aliphatic rings. The first-order chi connectivity index (χ1) is 3.50. The van der Waals surface area contributed by atoms with Gasteiger partial charge < -0.3 is 0 Å². The smallest absolute Gasteiger partial charge is 0.145 e. The average Bonchev–Trinajstić information content (AvgIpc) is 1.67. The minimum Gasteiger partial charge on any atom is -0.298 e. The number of hydrogen-bond donors (Lipinski definition) is 1. The molecular weight excluding hydrogens is 120 g/mol. The molecule has 0 amide bonds. The van der Waals surface area contributed by atoms with Crippen molar-refractivity contribution in [3.05, 3.63) is 0 Å². The van der Waals surface area contributed by atoms with Crippen molar-refractivity contribution in [3.63, 3.8) is 0 Å². The summed E-state index contributed by atoms with van der Waals surface area (Å²) in [7, 11) is 0. The highest BCUT2D eigenvalue weighted by Gasteiger charge is 2.21. The van der Waals surface area contributed by atoms with Crippen molar-refractivity contribution in [2.24, 2.45) is 0 Å². The molecule has 0 bridgehead atoms. The summed E-state index contributed by atoms with van der Waals surface area (Å²) >= 11 is 4.13. The Kier molecular flexibility index (Phi) is 2.54. The molecule has 1 nitrogen and oxygen atoms in total. The quantitative estimate of drug-likeness (QED) is 0.566. The highest BCUT2D eigenvalue weighted by atomic mass is 32.1. The van der Waals surface area contributed by atoms with Crippen LogP contribution in [-0.2, 0) is 4.79 Å². The van der Waals surface area contributed by atoms with Gasteiger partial charge in [-0.3, -0.25) is 4.79 Å². The van der Waals surface area contributed by atoms with Crippen LogP contribution in [0.25, 0.3) is 0 Å². The Morgan fingerprint density at radius 2 is 2.12 bits per heavy atom. The van der Waals surface area contributed by atoms with Crippen molar-refractivity contribution in [2.45, 2.75) is 31.9 Å². The highest BCUT2D eigenvalue weighted by molar-refractivity contribution is 7.82. The lowest BCUT2D eigenvalue weighted by Crippen LogP contribution is -2.24. The summed E-state index contributed by atoms with van der Waals surface area (Å²) in [4.78, 5) is 10.6. The lowest BCUT2D eigenvalue weighted by molar-refractivity contribution is -0.118. The Morgan fingerprint density at radius 1 is 1.75 bits per heavy atom. The van der Waals surface area contributed by atoms with E-state index in [4.69, 9.17) is 0 Å². The maximum absolute atomic E-state index is 10.6. The van der Waals surface area contributed by atoms with Crippen LogP contribution in [0.2, 0.25) is 0 Å². The summed E-state index contributed by atoms with van der Waals surface area (Å²) in [5.74, 6) is 0.142. The minimum absolute atomic E-state index is 0.142. The predicted molar refractivity (Wildman–Crippen MR) is 38.4 cm³/mol. The van der Waals surface area contributed by atoms with E-state index in [0.717, 1.165) is 6.42 Å². The van der Waals surface area contributed by atoms with E-state index in [-0.39, 0.29) is 5.78 Å². The maximum atomic E-state index is 10.6. The summed E-state index contributed by atoms with van der Waals surface area (Å²) in [6.45, 7) is 5.35. The van der Waals surface area contributed by atoms with Gasteiger partial charge >= 0.3 is 0 Å². The first kappa shape index (κ1) is 8.02. The van der Waals surface area contributed by atoms with Crippen LogP contribution in [0, 0.1) is 0 Å². The average molecular weight is 132 g/mol. The number of thiol groups is 1. The van der Waals surface area contributed by atoms with Gasteiger partial charge in [0, 0.05) is 0 Å². The fraction of sp³-hybridized carbons (Fsp3) is 0.833. The molecule has 0 aromatic carbocycles. The van der Waals surface area contributed by atoms with Gasteiger partial charge in [-0.2, -0.15) is 12.6 Å². The number of rotatable bonds is 2. The summed E-state index contributed by atoms with van der Waals surface area (Å²) in [5.41, 5.74) is 0. The fourth-order valence-corrected chi connectivity index (χ4v) is 0.249. The van der Waals surface area contributed by atoms with Gasteiger partial charge in [-0.05, 0) is 20.3 Å². The van der Waals surface area contributed by atoms with Crippen LogP contribution in [-0.4, -0.2) is 10.5 Å². The van der Waals surface area contributed by atoms with Crippen LogP contribution in [0.4, 0.5) is 0 Å².